The van der Waals surface area contributed by atoms with E-state index in [9.17, 15) is 9.59 Å². The van der Waals surface area contributed by atoms with E-state index in [0.29, 0.717) is 11.8 Å². The third kappa shape index (κ3) is 6.15. The Bertz CT molecular complexity index is 795. The number of carbonyl (C=O) groups excluding carboxylic acids is 2. The highest BCUT2D eigenvalue weighted by Crippen LogP contribution is 2.14. The molecule has 0 aliphatic rings. The number of carbonyl (C=O) groups is 2. The minimum absolute atomic E-state index is 0.624. The molecule has 0 fully saturated rings. The van der Waals surface area contributed by atoms with Gasteiger partial charge in [0.2, 0.25) is 0 Å². The molecule has 4 nitrogen and oxygen atoms in total. The summed E-state index contributed by atoms with van der Waals surface area (Å²) in [5, 5.41) is 2.56. The van der Waals surface area contributed by atoms with E-state index in [1.165, 1.54) is 0 Å². The first-order valence-corrected chi connectivity index (χ1v) is 7.99. The highest BCUT2D eigenvalue weighted by atomic mass is 16.6. The Morgan fingerprint density at radius 1 is 1.04 bits per heavy atom. The molecule has 4 heteroatoms. The lowest BCUT2D eigenvalue weighted by atomic mass is 10.0. The largest absolute Gasteiger partial charge is 0.444 e. The minimum Gasteiger partial charge on any atom is -0.444 e. The number of rotatable bonds is 3. The predicted octanol–water partition coefficient (Wildman–Crippen LogP) is 3.85. The smallest absolute Gasteiger partial charge is 0.408 e. The molecule has 0 heterocycles. The number of benzene rings is 2. The van der Waals surface area contributed by atoms with Crippen molar-refractivity contribution in [2.45, 2.75) is 32.4 Å². The maximum Gasteiger partial charge on any atom is 0.408 e. The third-order valence-electron chi connectivity index (χ3n) is 3.18. The zero-order valence-electron chi connectivity index (χ0n) is 14.6. The number of amides is 1. The summed E-state index contributed by atoms with van der Waals surface area (Å²) in [6.07, 6.45) is 0.0403. The normalized spacial score (nSPS) is 11.6. The number of hydrogen-bond donors (Lipinski definition) is 1. The standard InChI is InChI=1S/C21H21NO3/c1-21(2,3)25-20(24)22-19(15-23)18-11-7-10-17(14-18)13-12-16-8-5-4-6-9-16/h4-11,14-15,19H,1-3H3,(H,22,24)/t19-/m1/s1. The van der Waals surface area contributed by atoms with Crippen molar-refractivity contribution in [2.24, 2.45) is 0 Å². The van der Waals surface area contributed by atoms with Crippen molar-refractivity contribution in [3.8, 4) is 11.8 Å². The molecule has 0 unspecified atom stereocenters. The van der Waals surface area contributed by atoms with Gasteiger partial charge in [0.25, 0.3) is 0 Å². The van der Waals surface area contributed by atoms with E-state index in [-0.39, 0.29) is 0 Å². The summed E-state index contributed by atoms with van der Waals surface area (Å²) in [7, 11) is 0. The lowest BCUT2D eigenvalue weighted by Gasteiger charge is -2.21. The second kappa shape index (κ2) is 8.16. The quantitative estimate of drug-likeness (QED) is 0.685. The van der Waals surface area contributed by atoms with Crippen LogP contribution in [0, 0.1) is 11.8 Å². The van der Waals surface area contributed by atoms with Crippen LogP contribution in [0.4, 0.5) is 4.79 Å². The first-order chi connectivity index (χ1) is 11.9. The van der Waals surface area contributed by atoms with Crippen LogP contribution in [0.5, 0.6) is 0 Å². The molecule has 0 saturated carbocycles. The van der Waals surface area contributed by atoms with Crippen molar-refractivity contribution in [3.05, 3.63) is 71.3 Å². The van der Waals surface area contributed by atoms with Crippen molar-refractivity contribution >= 4 is 12.4 Å². The molecule has 0 aliphatic heterocycles. The first-order valence-electron chi connectivity index (χ1n) is 7.99. The van der Waals surface area contributed by atoms with E-state index in [4.69, 9.17) is 4.74 Å². The van der Waals surface area contributed by atoms with Gasteiger partial charge in [0.05, 0.1) is 0 Å². The molecule has 0 aromatic heterocycles. The summed E-state index contributed by atoms with van der Waals surface area (Å²) in [4.78, 5) is 23.3. The zero-order valence-corrected chi connectivity index (χ0v) is 14.6. The van der Waals surface area contributed by atoms with Gasteiger partial charge in [-0.25, -0.2) is 4.79 Å². The molecule has 128 valence electrons. The zero-order chi connectivity index (χ0) is 18.3. The lowest BCUT2D eigenvalue weighted by Crippen LogP contribution is -2.35. The van der Waals surface area contributed by atoms with Crippen molar-refractivity contribution in [2.75, 3.05) is 0 Å². The van der Waals surface area contributed by atoms with E-state index < -0.39 is 17.7 Å². The van der Waals surface area contributed by atoms with Crippen LogP contribution >= 0.6 is 0 Å². The maximum atomic E-state index is 11.9. The summed E-state index contributed by atoms with van der Waals surface area (Å²) in [5.74, 6) is 6.13. The fourth-order valence-electron chi connectivity index (χ4n) is 2.11. The Labute approximate surface area is 148 Å². The number of alkyl carbamates (subject to hydrolysis) is 1. The summed E-state index contributed by atoms with van der Waals surface area (Å²) < 4.78 is 5.19. The molecule has 0 spiro atoms. The van der Waals surface area contributed by atoms with E-state index in [1.807, 2.05) is 36.4 Å². The SMILES string of the molecule is CC(C)(C)OC(=O)N[C@H](C=O)c1cccc(C#Cc2ccccc2)c1. The molecule has 0 bridgehead atoms. The molecule has 0 saturated heterocycles. The molecule has 2 aromatic rings. The van der Waals surface area contributed by atoms with E-state index >= 15 is 0 Å². The van der Waals surface area contributed by atoms with E-state index in [2.05, 4.69) is 17.2 Å². The predicted molar refractivity (Wildman–Crippen MR) is 97.0 cm³/mol. The van der Waals surface area contributed by atoms with Gasteiger partial charge in [-0.3, -0.25) is 0 Å². The van der Waals surface area contributed by atoms with Crippen molar-refractivity contribution in [3.63, 3.8) is 0 Å². The van der Waals surface area contributed by atoms with Gasteiger partial charge in [-0.2, -0.15) is 0 Å². The summed E-state index contributed by atoms with van der Waals surface area (Å²) in [6.45, 7) is 5.30. The number of hydrogen-bond acceptors (Lipinski definition) is 3. The average Bonchev–Trinajstić information content (AvgIpc) is 2.57. The Balaban J connectivity index is 2.14. The number of aldehydes is 1. The highest BCUT2D eigenvalue weighted by molar-refractivity contribution is 5.74. The third-order valence-corrected chi connectivity index (χ3v) is 3.18. The van der Waals surface area contributed by atoms with Crippen LogP contribution in [-0.4, -0.2) is 18.0 Å². The monoisotopic (exact) mass is 335 g/mol. The van der Waals surface area contributed by atoms with Crippen LogP contribution in [0.3, 0.4) is 0 Å². The van der Waals surface area contributed by atoms with Gasteiger partial charge in [-0.1, -0.05) is 42.2 Å². The van der Waals surface area contributed by atoms with Crippen LogP contribution in [0.25, 0.3) is 0 Å². The van der Waals surface area contributed by atoms with Crippen LogP contribution in [0.15, 0.2) is 54.6 Å². The Morgan fingerprint density at radius 3 is 2.32 bits per heavy atom. The summed E-state index contributed by atoms with van der Waals surface area (Å²) in [6, 6.07) is 16.1. The van der Waals surface area contributed by atoms with Gasteiger partial charge in [0.15, 0.2) is 0 Å². The van der Waals surface area contributed by atoms with Crippen molar-refractivity contribution < 1.29 is 14.3 Å². The molecule has 0 radical (unpaired) electrons. The second-order valence-corrected chi connectivity index (χ2v) is 6.50. The van der Waals surface area contributed by atoms with Crippen LogP contribution in [0.1, 0.15) is 43.5 Å². The molecule has 2 rings (SSSR count). The fraction of sp³-hybridized carbons (Fsp3) is 0.238. The molecule has 25 heavy (non-hydrogen) atoms. The topological polar surface area (TPSA) is 55.4 Å². The second-order valence-electron chi connectivity index (χ2n) is 6.50. The molecular formula is C21H21NO3. The van der Waals surface area contributed by atoms with Gasteiger partial charge in [-0.05, 0) is 50.6 Å². The van der Waals surface area contributed by atoms with Crippen molar-refractivity contribution in [1.29, 1.82) is 0 Å². The van der Waals surface area contributed by atoms with Gasteiger partial charge in [0, 0.05) is 11.1 Å². The summed E-state index contributed by atoms with van der Waals surface area (Å²) in [5.41, 5.74) is 1.70. The average molecular weight is 335 g/mol. The molecule has 2 aromatic carbocycles. The van der Waals surface area contributed by atoms with E-state index in [0.717, 1.165) is 11.1 Å². The number of ether oxygens (including phenoxy) is 1. The highest BCUT2D eigenvalue weighted by Gasteiger charge is 2.20. The van der Waals surface area contributed by atoms with Gasteiger partial charge in [-0.15, -0.1) is 0 Å². The van der Waals surface area contributed by atoms with Gasteiger partial charge >= 0.3 is 6.09 Å². The fourth-order valence-corrected chi connectivity index (χ4v) is 2.11. The van der Waals surface area contributed by atoms with Gasteiger partial charge in [0.1, 0.15) is 17.9 Å². The molecule has 0 aliphatic carbocycles. The first kappa shape index (κ1) is 18.3. The minimum atomic E-state index is -0.784. The van der Waals surface area contributed by atoms with Gasteiger partial charge < -0.3 is 14.8 Å². The molecule has 1 amide bonds. The van der Waals surface area contributed by atoms with E-state index in [1.54, 1.807) is 39.0 Å². The summed E-state index contributed by atoms with van der Waals surface area (Å²) >= 11 is 0. The van der Waals surface area contributed by atoms with Crippen LogP contribution in [0.2, 0.25) is 0 Å². The molecule has 1 N–H and O–H groups in total. The molecular weight excluding hydrogens is 314 g/mol. The van der Waals surface area contributed by atoms with Crippen molar-refractivity contribution in [1.82, 2.24) is 5.32 Å². The maximum absolute atomic E-state index is 11.9. The molecule has 1 atom stereocenters. The number of nitrogens with one attached hydrogen (secondary N) is 1. The lowest BCUT2D eigenvalue weighted by molar-refractivity contribution is -0.109. The Morgan fingerprint density at radius 2 is 1.68 bits per heavy atom. The van der Waals surface area contributed by atoms with Crippen LogP contribution in [-0.2, 0) is 9.53 Å². The Kier molecular flexibility index (Phi) is 5.97. The van der Waals surface area contributed by atoms with Crippen LogP contribution < -0.4 is 5.32 Å². The Hall–Kier alpha value is -3.06.